The minimum Gasteiger partial charge on any atom is -0.392 e. The first-order valence-corrected chi connectivity index (χ1v) is 13.8. The van der Waals surface area contributed by atoms with Crippen molar-refractivity contribution in [3.8, 4) is 0 Å². The van der Waals surface area contributed by atoms with E-state index in [1.807, 2.05) is 11.8 Å². The van der Waals surface area contributed by atoms with E-state index in [9.17, 15) is 15.3 Å². The summed E-state index contributed by atoms with van der Waals surface area (Å²) in [5, 5.41) is 41.0. The van der Waals surface area contributed by atoms with Crippen LogP contribution in [0.25, 0.3) is 0 Å². The van der Waals surface area contributed by atoms with E-state index in [4.69, 9.17) is 5.11 Å². The van der Waals surface area contributed by atoms with E-state index in [0.717, 1.165) is 37.0 Å². The summed E-state index contributed by atoms with van der Waals surface area (Å²) in [4.78, 5) is 0. The van der Waals surface area contributed by atoms with Gasteiger partial charge >= 0.3 is 0 Å². The molecule has 0 bridgehead atoms. The SMILES string of the molecule is CCC(O)(CC)CS[C@H](C)C1=CCC2/C(=C\C=C3C[C@@H](O)C(=CCO)[C@H](O)C3)CCCC12C. The van der Waals surface area contributed by atoms with Gasteiger partial charge in [0, 0.05) is 11.0 Å². The third-order valence-corrected chi connectivity index (χ3v) is 9.97. The first-order chi connectivity index (χ1) is 15.7. The van der Waals surface area contributed by atoms with Crippen molar-refractivity contribution in [1.29, 1.82) is 0 Å². The van der Waals surface area contributed by atoms with Crippen molar-refractivity contribution in [3.63, 3.8) is 0 Å². The van der Waals surface area contributed by atoms with Gasteiger partial charge in [0.25, 0.3) is 0 Å². The Balaban J connectivity index is 1.70. The van der Waals surface area contributed by atoms with Crippen LogP contribution in [0.2, 0.25) is 0 Å². The van der Waals surface area contributed by atoms with Crippen molar-refractivity contribution in [2.45, 2.75) is 102 Å². The molecule has 0 heterocycles. The maximum absolute atomic E-state index is 10.7. The van der Waals surface area contributed by atoms with Gasteiger partial charge in [0.05, 0.1) is 24.4 Å². The summed E-state index contributed by atoms with van der Waals surface area (Å²) in [6, 6.07) is 0. The number of fused-ring (bicyclic) bond motifs is 1. The number of allylic oxidation sites excluding steroid dienone is 4. The topological polar surface area (TPSA) is 80.9 Å². The molecule has 2 fully saturated rings. The lowest BCUT2D eigenvalue weighted by atomic mass is 9.64. The zero-order chi connectivity index (χ0) is 24.2. The summed E-state index contributed by atoms with van der Waals surface area (Å²) < 4.78 is 0. The smallest absolute Gasteiger partial charge is 0.0813 e. The number of hydrogen-bond donors (Lipinski definition) is 4. The van der Waals surface area contributed by atoms with Crippen molar-refractivity contribution < 1.29 is 20.4 Å². The standard InChI is InChI=1S/C28H44O4S/c1-5-28(32,6-2)18-33-19(3)23-11-12-24-21(8-7-14-27(23,24)4)10-9-20-16-25(30)22(13-15-29)26(31)17-20/h9-11,13,19,24-26,29-32H,5-8,12,14-18H2,1-4H3/b20-9?,21-10-,22-13?/t19-,24?,25-,26-,27?/m1/s1. The van der Waals surface area contributed by atoms with E-state index in [1.165, 1.54) is 24.5 Å². The molecule has 2 saturated carbocycles. The van der Waals surface area contributed by atoms with E-state index in [0.29, 0.717) is 29.6 Å². The summed E-state index contributed by atoms with van der Waals surface area (Å²) >= 11 is 1.90. The van der Waals surface area contributed by atoms with Crippen molar-refractivity contribution in [1.82, 2.24) is 0 Å². The van der Waals surface area contributed by atoms with Crippen LogP contribution in [0.5, 0.6) is 0 Å². The van der Waals surface area contributed by atoms with Gasteiger partial charge < -0.3 is 20.4 Å². The highest BCUT2D eigenvalue weighted by molar-refractivity contribution is 8.00. The molecule has 3 aliphatic carbocycles. The Morgan fingerprint density at radius 2 is 1.85 bits per heavy atom. The minimum atomic E-state index is -0.718. The Labute approximate surface area is 204 Å². The van der Waals surface area contributed by atoms with E-state index < -0.39 is 17.8 Å². The molecule has 5 heteroatoms. The Morgan fingerprint density at radius 3 is 2.45 bits per heavy atom. The molecule has 4 N–H and O–H groups in total. The second-order valence-corrected chi connectivity index (χ2v) is 11.8. The molecule has 33 heavy (non-hydrogen) atoms. The second-order valence-electron chi connectivity index (χ2n) is 10.5. The predicted molar refractivity (Wildman–Crippen MR) is 138 cm³/mol. The fraction of sp³-hybridized carbons (Fsp3) is 0.714. The summed E-state index contributed by atoms with van der Waals surface area (Å²) in [6.07, 6.45) is 14.2. The van der Waals surface area contributed by atoms with Crippen LogP contribution in [0.4, 0.5) is 0 Å². The Kier molecular flexibility index (Phi) is 9.13. The molecule has 0 aromatic carbocycles. The highest BCUT2D eigenvalue weighted by Crippen LogP contribution is 2.57. The third kappa shape index (κ3) is 5.87. The third-order valence-electron chi connectivity index (χ3n) is 8.51. The lowest BCUT2D eigenvalue weighted by Gasteiger charge is -2.42. The van der Waals surface area contributed by atoms with Crippen molar-refractivity contribution in [2.24, 2.45) is 11.3 Å². The van der Waals surface area contributed by atoms with Gasteiger partial charge in [-0.15, -0.1) is 0 Å². The fourth-order valence-corrected chi connectivity index (χ4v) is 7.60. The largest absolute Gasteiger partial charge is 0.392 e. The average Bonchev–Trinajstić information content (AvgIpc) is 3.15. The van der Waals surface area contributed by atoms with Gasteiger partial charge in [0.2, 0.25) is 0 Å². The molecule has 3 rings (SSSR count). The van der Waals surface area contributed by atoms with Crippen molar-refractivity contribution in [2.75, 3.05) is 12.4 Å². The zero-order valence-corrected chi connectivity index (χ0v) is 21.7. The van der Waals surface area contributed by atoms with Gasteiger partial charge in [-0.2, -0.15) is 11.8 Å². The first kappa shape index (κ1) is 26.7. The Hall–Kier alpha value is -0.850. The number of aliphatic hydroxyl groups excluding tert-OH is 3. The van der Waals surface area contributed by atoms with Gasteiger partial charge in [-0.1, -0.05) is 61.8 Å². The number of rotatable bonds is 8. The number of thioether (sulfide) groups is 1. The van der Waals surface area contributed by atoms with Crippen LogP contribution in [-0.2, 0) is 0 Å². The van der Waals surface area contributed by atoms with Crippen LogP contribution in [0.1, 0.15) is 79.1 Å². The molecule has 3 aliphatic rings. The van der Waals surface area contributed by atoms with Crippen LogP contribution in [-0.4, -0.2) is 55.8 Å². The molecule has 0 spiro atoms. The number of hydrogen-bond acceptors (Lipinski definition) is 5. The highest BCUT2D eigenvalue weighted by atomic mass is 32.2. The summed E-state index contributed by atoms with van der Waals surface area (Å²) in [6.45, 7) is 8.72. The van der Waals surface area contributed by atoms with Crippen LogP contribution in [0, 0.1) is 11.3 Å². The quantitative estimate of drug-likeness (QED) is 0.367. The maximum Gasteiger partial charge on any atom is 0.0813 e. The molecular weight excluding hydrogens is 432 g/mol. The summed E-state index contributed by atoms with van der Waals surface area (Å²) in [5.74, 6) is 1.30. The number of aliphatic hydroxyl groups is 4. The van der Waals surface area contributed by atoms with Gasteiger partial charge in [-0.3, -0.25) is 0 Å². The monoisotopic (exact) mass is 476 g/mol. The molecular formula is C28H44O4S. The van der Waals surface area contributed by atoms with Crippen molar-refractivity contribution in [3.05, 3.63) is 46.6 Å². The van der Waals surface area contributed by atoms with Gasteiger partial charge in [-0.05, 0) is 75.2 Å². The maximum atomic E-state index is 10.7. The summed E-state index contributed by atoms with van der Waals surface area (Å²) in [7, 11) is 0. The van der Waals surface area contributed by atoms with Gasteiger partial charge in [0.1, 0.15) is 0 Å². The molecule has 0 saturated heterocycles. The molecule has 4 nitrogen and oxygen atoms in total. The Morgan fingerprint density at radius 1 is 1.18 bits per heavy atom. The van der Waals surface area contributed by atoms with Crippen LogP contribution < -0.4 is 0 Å². The predicted octanol–water partition coefficient (Wildman–Crippen LogP) is 5.08. The Bertz CT molecular complexity index is 791. The van der Waals surface area contributed by atoms with E-state index in [1.54, 1.807) is 5.57 Å². The van der Waals surface area contributed by atoms with E-state index in [2.05, 4.69) is 45.9 Å². The highest BCUT2D eigenvalue weighted by Gasteiger charge is 2.46. The minimum absolute atomic E-state index is 0.158. The lowest BCUT2D eigenvalue weighted by Crippen LogP contribution is -2.35. The molecule has 2 unspecified atom stereocenters. The zero-order valence-electron chi connectivity index (χ0n) is 20.9. The molecule has 0 amide bonds. The van der Waals surface area contributed by atoms with Crippen molar-refractivity contribution >= 4 is 11.8 Å². The van der Waals surface area contributed by atoms with Crippen LogP contribution >= 0.6 is 11.8 Å². The molecule has 0 aromatic rings. The van der Waals surface area contributed by atoms with E-state index >= 15 is 0 Å². The molecule has 0 radical (unpaired) electrons. The normalized spacial score (nSPS) is 32.5. The van der Waals surface area contributed by atoms with Gasteiger partial charge in [-0.25, -0.2) is 0 Å². The molecule has 0 aliphatic heterocycles. The molecule has 0 aromatic heterocycles. The summed E-state index contributed by atoms with van der Waals surface area (Å²) in [5.41, 5.74) is 4.25. The first-order valence-electron chi connectivity index (χ1n) is 12.8. The van der Waals surface area contributed by atoms with Crippen LogP contribution in [0.3, 0.4) is 0 Å². The average molecular weight is 477 g/mol. The van der Waals surface area contributed by atoms with Gasteiger partial charge in [0.15, 0.2) is 0 Å². The molecule has 5 atom stereocenters. The second kappa shape index (κ2) is 11.3. The lowest BCUT2D eigenvalue weighted by molar-refractivity contribution is 0.0571. The van der Waals surface area contributed by atoms with E-state index in [-0.39, 0.29) is 12.0 Å². The molecule has 186 valence electrons. The fourth-order valence-electron chi connectivity index (χ4n) is 6.08. The van der Waals surface area contributed by atoms with Crippen LogP contribution in [0.15, 0.2) is 46.6 Å².